The highest BCUT2D eigenvalue weighted by Crippen LogP contribution is 2.24. The monoisotopic (exact) mass is 415 g/mol. The first-order valence-electron chi connectivity index (χ1n) is 11.2. The van der Waals surface area contributed by atoms with E-state index < -0.39 is 0 Å². The molecule has 0 aromatic heterocycles. The van der Waals surface area contributed by atoms with Gasteiger partial charge in [0.05, 0.1) is 0 Å². The van der Waals surface area contributed by atoms with E-state index in [1.165, 1.54) is 24.0 Å². The quantitative estimate of drug-likeness (QED) is 0.312. The van der Waals surface area contributed by atoms with Gasteiger partial charge in [-0.25, -0.2) is 0 Å². The maximum atomic E-state index is 11.2. The number of hydrogen-bond donors (Lipinski definition) is 3. The molecule has 1 aliphatic rings. The van der Waals surface area contributed by atoms with Gasteiger partial charge in [-0.3, -0.25) is 9.69 Å². The second-order valence-corrected chi connectivity index (χ2v) is 7.64. The standard InChI is InChI=1S/C24H37N3O.CH4O/c1-4-21-10-12-23(13-11-21)22-8-7-18-27(19-15-22)17-6-5-16-26-20(2)9-14-24(28)25-3;1-2/h7-14,20,22,26H,4-6,15-19H2,1-3H3,(H,25,28);2H,1H3/b14-9-;. The van der Waals surface area contributed by atoms with Crippen LogP contribution in [0.15, 0.2) is 48.6 Å². The van der Waals surface area contributed by atoms with Gasteiger partial charge in [0.15, 0.2) is 0 Å². The van der Waals surface area contributed by atoms with E-state index in [-0.39, 0.29) is 11.9 Å². The van der Waals surface area contributed by atoms with Gasteiger partial charge < -0.3 is 15.7 Å². The predicted molar refractivity (Wildman–Crippen MR) is 127 cm³/mol. The summed E-state index contributed by atoms with van der Waals surface area (Å²) in [7, 11) is 2.65. The van der Waals surface area contributed by atoms with Crippen LogP contribution in [-0.2, 0) is 11.2 Å². The maximum Gasteiger partial charge on any atom is 0.243 e. The number of unbranched alkanes of at least 4 members (excludes halogenated alkanes) is 1. The molecule has 5 heteroatoms. The Morgan fingerprint density at radius 2 is 2.00 bits per heavy atom. The molecular formula is C25H41N3O2. The molecule has 0 aliphatic carbocycles. The zero-order chi connectivity index (χ0) is 22.2. The molecule has 0 radical (unpaired) electrons. The van der Waals surface area contributed by atoms with Crippen LogP contribution in [0.3, 0.4) is 0 Å². The van der Waals surface area contributed by atoms with Crippen molar-refractivity contribution < 1.29 is 9.90 Å². The largest absolute Gasteiger partial charge is 0.400 e. The van der Waals surface area contributed by atoms with Crippen LogP contribution < -0.4 is 10.6 Å². The number of aliphatic hydroxyl groups excluding tert-OH is 1. The number of nitrogens with one attached hydrogen (secondary N) is 2. The minimum atomic E-state index is -0.0533. The fourth-order valence-corrected chi connectivity index (χ4v) is 3.54. The molecule has 30 heavy (non-hydrogen) atoms. The number of hydrogen-bond acceptors (Lipinski definition) is 4. The van der Waals surface area contributed by atoms with Crippen LogP contribution in [0.5, 0.6) is 0 Å². The van der Waals surface area contributed by atoms with Crippen molar-refractivity contribution in [1.29, 1.82) is 0 Å². The Labute approximate surface area is 183 Å². The summed E-state index contributed by atoms with van der Waals surface area (Å²) in [5.74, 6) is 0.494. The number of nitrogens with zero attached hydrogens (tertiary/aromatic N) is 1. The Balaban J connectivity index is 0.00000218. The third kappa shape index (κ3) is 10.2. The van der Waals surface area contributed by atoms with Gasteiger partial charge in [0.1, 0.15) is 0 Å². The van der Waals surface area contributed by atoms with Gasteiger partial charge in [0.25, 0.3) is 0 Å². The molecule has 0 bridgehead atoms. The first kappa shape index (κ1) is 26.1. The lowest BCUT2D eigenvalue weighted by Crippen LogP contribution is -2.28. The van der Waals surface area contributed by atoms with Gasteiger partial charge in [-0.05, 0) is 63.4 Å². The van der Waals surface area contributed by atoms with Crippen LogP contribution >= 0.6 is 0 Å². The average molecular weight is 416 g/mol. The van der Waals surface area contributed by atoms with Crippen molar-refractivity contribution >= 4 is 5.91 Å². The van der Waals surface area contributed by atoms with Gasteiger partial charge in [0.2, 0.25) is 5.91 Å². The summed E-state index contributed by atoms with van der Waals surface area (Å²) in [6.07, 6.45) is 12.9. The summed E-state index contributed by atoms with van der Waals surface area (Å²) in [4.78, 5) is 13.8. The van der Waals surface area contributed by atoms with Crippen molar-refractivity contribution in [2.45, 2.75) is 51.5 Å². The molecule has 0 saturated heterocycles. The lowest BCUT2D eigenvalue weighted by molar-refractivity contribution is -0.116. The number of amides is 1. The molecule has 2 atom stereocenters. The van der Waals surface area contributed by atoms with E-state index in [0.29, 0.717) is 5.92 Å². The molecule has 0 spiro atoms. The van der Waals surface area contributed by atoms with E-state index >= 15 is 0 Å². The highest BCUT2D eigenvalue weighted by atomic mass is 16.2. The van der Waals surface area contributed by atoms with Crippen LogP contribution in [0.1, 0.15) is 50.2 Å². The molecule has 3 N–H and O–H groups in total. The van der Waals surface area contributed by atoms with Crippen LogP contribution in [0.4, 0.5) is 0 Å². The molecule has 1 aromatic carbocycles. The van der Waals surface area contributed by atoms with Gasteiger partial charge in [-0.1, -0.05) is 49.4 Å². The van der Waals surface area contributed by atoms with E-state index in [0.717, 1.165) is 46.1 Å². The molecule has 2 unspecified atom stereocenters. The Morgan fingerprint density at radius 3 is 2.67 bits per heavy atom. The fraction of sp³-hybridized carbons (Fsp3) is 0.560. The number of benzene rings is 1. The second-order valence-electron chi connectivity index (χ2n) is 7.64. The predicted octanol–water partition coefficient (Wildman–Crippen LogP) is 3.26. The van der Waals surface area contributed by atoms with E-state index in [2.05, 4.69) is 65.8 Å². The van der Waals surface area contributed by atoms with Crippen molar-refractivity contribution in [3.05, 3.63) is 59.7 Å². The molecule has 0 fully saturated rings. The number of carbonyl (C=O) groups is 1. The van der Waals surface area contributed by atoms with Crippen molar-refractivity contribution in [1.82, 2.24) is 15.5 Å². The summed E-state index contributed by atoms with van der Waals surface area (Å²) in [6, 6.07) is 9.36. The number of rotatable bonds is 10. The molecule has 0 saturated carbocycles. The normalized spacial score (nSPS) is 17.8. The zero-order valence-corrected chi connectivity index (χ0v) is 19.2. The highest BCUT2D eigenvalue weighted by Gasteiger charge is 2.14. The molecule has 168 valence electrons. The smallest absolute Gasteiger partial charge is 0.243 e. The Hall–Kier alpha value is -1.95. The number of carbonyl (C=O) groups excluding carboxylic acids is 1. The Bertz CT molecular complexity index is 640. The summed E-state index contributed by atoms with van der Waals surface area (Å²) in [5.41, 5.74) is 2.85. The maximum absolute atomic E-state index is 11.2. The number of likely N-dealkylation sites (N-methyl/N-ethyl adjacent to an activating group) is 1. The third-order valence-corrected chi connectivity index (χ3v) is 5.45. The van der Waals surface area contributed by atoms with Crippen molar-refractivity contribution in [3.63, 3.8) is 0 Å². The van der Waals surface area contributed by atoms with Crippen molar-refractivity contribution in [3.8, 4) is 0 Å². The molecule has 1 aliphatic heterocycles. The fourth-order valence-electron chi connectivity index (χ4n) is 3.54. The van der Waals surface area contributed by atoms with Crippen LogP contribution in [0.2, 0.25) is 0 Å². The van der Waals surface area contributed by atoms with Crippen LogP contribution in [0, 0.1) is 0 Å². The second kappa shape index (κ2) is 15.8. The summed E-state index contributed by atoms with van der Waals surface area (Å²) >= 11 is 0. The molecular weight excluding hydrogens is 374 g/mol. The van der Waals surface area contributed by atoms with E-state index in [9.17, 15) is 4.79 Å². The van der Waals surface area contributed by atoms with Gasteiger partial charge >= 0.3 is 0 Å². The van der Waals surface area contributed by atoms with Crippen LogP contribution in [0.25, 0.3) is 0 Å². The van der Waals surface area contributed by atoms with E-state index in [4.69, 9.17) is 5.11 Å². The first-order valence-corrected chi connectivity index (χ1v) is 11.2. The van der Waals surface area contributed by atoms with E-state index in [1.54, 1.807) is 13.1 Å². The third-order valence-electron chi connectivity index (χ3n) is 5.45. The minimum absolute atomic E-state index is 0.0533. The molecule has 1 amide bonds. The number of aryl methyl sites for hydroxylation is 1. The summed E-state index contributed by atoms with van der Waals surface area (Å²) in [6.45, 7) is 8.63. The lowest BCUT2D eigenvalue weighted by Gasteiger charge is -2.20. The SMILES string of the molecule is CCc1ccc(C2C=CCN(CCCCNC(C)/C=C\C(=O)NC)CC2)cc1.CO. The lowest BCUT2D eigenvalue weighted by atomic mass is 9.94. The molecule has 2 rings (SSSR count). The molecule has 1 aromatic rings. The Morgan fingerprint density at radius 1 is 1.27 bits per heavy atom. The molecule has 1 heterocycles. The highest BCUT2D eigenvalue weighted by molar-refractivity contribution is 5.87. The van der Waals surface area contributed by atoms with Gasteiger partial charge in [0, 0.05) is 38.7 Å². The number of aliphatic hydroxyl groups is 1. The minimum Gasteiger partial charge on any atom is -0.400 e. The summed E-state index contributed by atoms with van der Waals surface area (Å²) in [5, 5.41) is 13.0. The molecule has 5 nitrogen and oxygen atoms in total. The topological polar surface area (TPSA) is 64.6 Å². The van der Waals surface area contributed by atoms with Gasteiger partial charge in [-0.2, -0.15) is 0 Å². The summed E-state index contributed by atoms with van der Waals surface area (Å²) < 4.78 is 0. The van der Waals surface area contributed by atoms with Gasteiger partial charge in [-0.15, -0.1) is 0 Å². The van der Waals surface area contributed by atoms with Crippen molar-refractivity contribution in [2.75, 3.05) is 40.3 Å². The van der Waals surface area contributed by atoms with E-state index in [1.807, 2.05) is 6.08 Å². The first-order chi connectivity index (χ1) is 14.6. The average Bonchev–Trinajstić information content (AvgIpc) is 3.04. The Kier molecular flexibility index (Phi) is 13.8. The zero-order valence-electron chi connectivity index (χ0n) is 19.2. The van der Waals surface area contributed by atoms with Crippen molar-refractivity contribution in [2.24, 2.45) is 0 Å². The van der Waals surface area contributed by atoms with Crippen LogP contribution in [-0.4, -0.2) is 62.3 Å². The number of allylic oxidation sites excluding steroid dienone is 1.